The van der Waals surface area contributed by atoms with Crippen molar-refractivity contribution in [2.45, 2.75) is 6.92 Å². The number of thiophene rings is 1. The molecule has 6 nitrogen and oxygen atoms in total. The van der Waals surface area contributed by atoms with Crippen LogP contribution < -0.4 is 16.0 Å². The van der Waals surface area contributed by atoms with Gasteiger partial charge in [-0.1, -0.05) is 0 Å². The molecule has 0 saturated carbocycles. The minimum atomic E-state index is -0.387. The summed E-state index contributed by atoms with van der Waals surface area (Å²) in [6.07, 6.45) is 0. The molecule has 2 heterocycles. The molecule has 0 aliphatic carbocycles. The lowest BCUT2D eigenvalue weighted by Crippen LogP contribution is -2.31. The Morgan fingerprint density at radius 2 is 2.28 bits per heavy atom. The second-order valence-electron chi connectivity index (χ2n) is 4.02. The number of carbonyl (C=O) groups is 1. The van der Waals surface area contributed by atoms with Crippen LogP contribution in [0.3, 0.4) is 0 Å². The highest BCUT2D eigenvalue weighted by Crippen LogP contribution is 2.30. The van der Waals surface area contributed by atoms with Gasteiger partial charge >= 0.3 is 0 Å². The van der Waals surface area contributed by atoms with Crippen LogP contribution in [-0.4, -0.2) is 36.5 Å². The molecule has 7 heteroatoms. The van der Waals surface area contributed by atoms with E-state index in [0.717, 1.165) is 15.1 Å². The molecule has 18 heavy (non-hydrogen) atoms. The number of likely N-dealkylation sites (N-methyl/N-ethyl adjacent to an activating group) is 1. The Morgan fingerprint density at radius 1 is 1.56 bits per heavy atom. The van der Waals surface area contributed by atoms with E-state index in [9.17, 15) is 4.79 Å². The number of nitrogens with zero attached hydrogens (tertiary/aromatic N) is 3. The summed E-state index contributed by atoms with van der Waals surface area (Å²) in [6.45, 7) is 2.15. The first-order valence-electron chi connectivity index (χ1n) is 5.46. The van der Waals surface area contributed by atoms with Gasteiger partial charge in [0.1, 0.15) is 10.6 Å². The molecule has 0 aliphatic rings. The lowest BCUT2D eigenvalue weighted by atomic mass is 10.3. The molecule has 0 unspecified atom stereocenters. The van der Waals surface area contributed by atoms with Gasteiger partial charge in [-0.3, -0.25) is 4.79 Å². The predicted octanol–water partition coefficient (Wildman–Crippen LogP) is 0.963. The summed E-state index contributed by atoms with van der Waals surface area (Å²) >= 11 is 1.60. The zero-order valence-corrected chi connectivity index (χ0v) is 11.3. The van der Waals surface area contributed by atoms with Gasteiger partial charge in [-0.2, -0.15) is 4.98 Å². The minimum Gasteiger partial charge on any atom is -0.368 e. The summed E-state index contributed by atoms with van der Waals surface area (Å²) in [5.74, 6) is 0.866. The van der Waals surface area contributed by atoms with E-state index in [0.29, 0.717) is 11.8 Å². The van der Waals surface area contributed by atoms with Crippen LogP contribution in [-0.2, 0) is 4.79 Å². The van der Waals surface area contributed by atoms with Crippen LogP contribution in [0.2, 0.25) is 0 Å². The van der Waals surface area contributed by atoms with E-state index >= 15 is 0 Å². The number of carbonyl (C=O) groups excluding carboxylic acids is 1. The second kappa shape index (κ2) is 4.77. The topological polar surface area (TPSA) is 84.1 Å². The number of nitrogens with two attached hydrogens (primary N) is 1. The summed E-state index contributed by atoms with van der Waals surface area (Å²) < 4.78 is 0. The van der Waals surface area contributed by atoms with Crippen LogP contribution in [0.25, 0.3) is 10.2 Å². The number of aryl methyl sites for hydroxylation is 1. The first-order chi connectivity index (χ1) is 8.51. The van der Waals surface area contributed by atoms with E-state index in [2.05, 4.69) is 15.3 Å². The Balaban J connectivity index is 2.55. The Morgan fingerprint density at radius 3 is 2.89 bits per heavy atom. The maximum atomic E-state index is 11.0. The summed E-state index contributed by atoms with van der Waals surface area (Å²) in [6, 6.07) is 2.02. The summed E-state index contributed by atoms with van der Waals surface area (Å²) in [4.78, 5) is 23.6. The van der Waals surface area contributed by atoms with Gasteiger partial charge in [0.15, 0.2) is 0 Å². The van der Waals surface area contributed by atoms with Gasteiger partial charge in [0.25, 0.3) is 0 Å². The molecule has 0 aliphatic heterocycles. The average Bonchev–Trinajstić information content (AvgIpc) is 2.66. The molecule has 3 N–H and O–H groups in total. The molecular weight excluding hydrogens is 250 g/mol. The van der Waals surface area contributed by atoms with Gasteiger partial charge in [0.05, 0.1) is 11.9 Å². The number of nitrogens with one attached hydrogen (secondary N) is 1. The number of hydrogen-bond donors (Lipinski definition) is 2. The maximum Gasteiger partial charge on any atom is 0.236 e. The number of amides is 1. The molecule has 2 rings (SSSR count). The second-order valence-corrected chi connectivity index (χ2v) is 5.25. The third kappa shape index (κ3) is 2.35. The molecule has 0 atom stereocenters. The fourth-order valence-electron chi connectivity index (χ4n) is 1.74. The third-order valence-corrected chi connectivity index (χ3v) is 3.42. The van der Waals surface area contributed by atoms with Gasteiger partial charge in [-0.05, 0) is 13.0 Å². The number of fused-ring (bicyclic) bond motifs is 1. The van der Waals surface area contributed by atoms with E-state index in [1.165, 1.54) is 0 Å². The van der Waals surface area contributed by atoms with Crippen LogP contribution in [0, 0.1) is 6.92 Å². The number of rotatable bonds is 4. The van der Waals surface area contributed by atoms with Crippen LogP contribution in [0.4, 0.5) is 11.8 Å². The van der Waals surface area contributed by atoms with Crippen molar-refractivity contribution >= 4 is 39.2 Å². The van der Waals surface area contributed by atoms with Gasteiger partial charge in [0, 0.05) is 19.0 Å². The predicted molar refractivity (Wildman–Crippen MR) is 74.2 cm³/mol. The van der Waals surface area contributed by atoms with E-state index in [-0.39, 0.29) is 12.5 Å². The van der Waals surface area contributed by atoms with Crippen LogP contribution in [0.15, 0.2) is 6.07 Å². The SMILES string of the molecule is CNc1nc(N(C)CC(N)=O)c2cc(C)sc2n1. The van der Waals surface area contributed by atoms with Crippen LogP contribution in [0.5, 0.6) is 0 Å². The van der Waals surface area contributed by atoms with Gasteiger partial charge in [-0.25, -0.2) is 4.98 Å². The fourth-order valence-corrected chi connectivity index (χ4v) is 2.61. The molecule has 0 spiro atoms. The minimum absolute atomic E-state index is 0.129. The Labute approximate surface area is 109 Å². The third-order valence-electron chi connectivity index (χ3n) is 2.47. The van der Waals surface area contributed by atoms with Crippen molar-refractivity contribution in [1.82, 2.24) is 9.97 Å². The molecule has 0 saturated heterocycles. The fraction of sp³-hybridized carbons (Fsp3) is 0.364. The summed E-state index contributed by atoms with van der Waals surface area (Å²) in [5, 5.41) is 3.86. The van der Waals surface area contributed by atoms with Crippen molar-refractivity contribution in [1.29, 1.82) is 0 Å². The highest BCUT2D eigenvalue weighted by molar-refractivity contribution is 7.18. The van der Waals surface area contributed by atoms with Crippen LogP contribution >= 0.6 is 11.3 Å². The first-order valence-corrected chi connectivity index (χ1v) is 6.28. The van der Waals surface area contributed by atoms with Crippen LogP contribution in [0.1, 0.15) is 4.88 Å². The lowest BCUT2D eigenvalue weighted by molar-refractivity contribution is -0.116. The largest absolute Gasteiger partial charge is 0.368 e. The van der Waals surface area contributed by atoms with Gasteiger partial charge in [0.2, 0.25) is 11.9 Å². The van der Waals surface area contributed by atoms with E-state index in [1.54, 1.807) is 30.3 Å². The van der Waals surface area contributed by atoms with Crippen molar-refractivity contribution in [2.75, 3.05) is 30.9 Å². The number of hydrogen-bond acceptors (Lipinski definition) is 6. The first kappa shape index (κ1) is 12.6. The molecular formula is C11H15N5OS. The number of anilines is 2. The van der Waals surface area contributed by atoms with Crippen molar-refractivity contribution in [3.8, 4) is 0 Å². The van der Waals surface area contributed by atoms with Gasteiger partial charge in [-0.15, -0.1) is 11.3 Å². The standard InChI is InChI=1S/C11H15N5OS/c1-6-4-7-9(16(3)5-8(12)17)14-11(13-2)15-10(7)18-6/h4H,5H2,1-3H3,(H2,12,17)(H,13,14,15). The van der Waals surface area contributed by atoms with E-state index in [1.807, 2.05) is 13.0 Å². The van der Waals surface area contributed by atoms with Crippen molar-refractivity contribution in [3.05, 3.63) is 10.9 Å². The molecule has 0 radical (unpaired) electrons. The van der Waals surface area contributed by atoms with Gasteiger partial charge < -0.3 is 16.0 Å². The Bertz CT molecular complexity index is 594. The molecule has 96 valence electrons. The zero-order chi connectivity index (χ0) is 13.3. The number of primary amides is 1. The molecule has 2 aromatic rings. The average molecular weight is 265 g/mol. The Hall–Kier alpha value is -1.89. The zero-order valence-electron chi connectivity index (χ0n) is 10.5. The molecule has 0 fully saturated rings. The quantitative estimate of drug-likeness (QED) is 0.860. The maximum absolute atomic E-state index is 11.0. The highest BCUT2D eigenvalue weighted by atomic mass is 32.1. The smallest absolute Gasteiger partial charge is 0.236 e. The molecule has 2 aromatic heterocycles. The highest BCUT2D eigenvalue weighted by Gasteiger charge is 2.14. The van der Waals surface area contributed by atoms with E-state index in [4.69, 9.17) is 5.73 Å². The van der Waals surface area contributed by atoms with Crippen molar-refractivity contribution < 1.29 is 4.79 Å². The monoisotopic (exact) mass is 265 g/mol. The summed E-state index contributed by atoms with van der Waals surface area (Å²) in [5.41, 5.74) is 5.21. The lowest BCUT2D eigenvalue weighted by Gasteiger charge is -2.17. The molecule has 1 amide bonds. The normalized spacial score (nSPS) is 10.6. The molecule has 0 aromatic carbocycles. The summed E-state index contributed by atoms with van der Waals surface area (Å²) in [7, 11) is 3.55. The van der Waals surface area contributed by atoms with Crippen molar-refractivity contribution in [3.63, 3.8) is 0 Å². The molecule has 0 bridgehead atoms. The van der Waals surface area contributed by atoms with E-state index < -0.39 is 0 Å². The van der Waals surface area contributed by atoms with Crippen molar-refractivity contribution in [2.24, 2.45) is 5.73 Å². The Kier molecular flexibility index (Phi) is 3.33. The number of aromatic nitrogens is 2.